The van der Waals surface area contributed by atoms with Crippen molar-refractivity contribution in [3.8, 4) is 0 Å². The van der Waals surface area contributed by atoms with E-state index in [1.165, 1.54) is 5.56 Å². The van der Waals surface area contributed by atoms with E-state index < -0.39 is 0 Å². The van der Waals surface area contributed by atoms with Crippen LogP contribution in [0.4, 0.5) is 0 Å². The first-order valence-corrected chi connectivity index (χ1v) is 7.16. The van der Waals surface area contributed by atoms with Crippen molar-refractivity contribution < 1.29 is 0 Å². The van der Waals surface area contributed by atoms with Crippen LogP contribution < -0.4 is 5.32 Å². The molecule has 0 saturated heterocycles. The fraction of sp³-hybridized carbons (Fsp3) is 0.412. The molecule has 0 amide bonds. The smallest absolute Gasteiger partial charge is 0.131 e. The maximum absolute atomic E-state index is 4.70. The molecule has 0 aliphatic rings. The van der Waals surface area contributed by atoms with Crippen LogP contribution in [0.5, 0.6) is 0 Å². The van der Waals surface area contributed by atoms with Crippen molar-refractivity contribution >= 4 is 0 Å². The molecule has 1 aromatic heterocycles. The largest absolute Gasteiger partial charge is 0.313 e. The van der Waals surface area contributed by atoms with Gasteiger partial charge in [0.05, 0.1) is 0 Å². The summed E-state index contributed by atoms with van der Waals surface area (Å²) < 4.78 is 0. The minimum atomic E-state index is 0.283. The van der Waals surface area contributed by atoms with E-state index >= 15 is 0 Å². The fourth-order valence-corrected chi connectivity index (χ4v) is 2.30. The minimum absolute atomic E-state index is 0.283. The maximum atomic E-state index is 4.70. The number of nitrogens with zero attached hydrogens (tertiary/aromatic N) is 2. The zero-order valence-electron chi connectivity index (χ0n) is 12.7. The van der Waals surface area contributed by atoms with Gasteiger partial charge in [-0.15, -0.1) is 0 Å². The average molecular weight is 269 g/mol. The SMILES string of the molecule is CNC(Cc1cc(C)nc(C(C)C)n1)c1ccccc1. The summed E-state index contributed by atoms with van der Waals surface area (Å²) in [5, 5.41) is 3.37. The van der Waals surface area contributed by atoms with E-state index in [-0.39, 0.29) is 6.04 Å². The van der Waals surface area contributed by atoms with Crippen LogP contribution in [0.2, 0.25) is 0 Å². The van der Waals surface area contributed by atoms with Crippen molar-refractivity contribution in [3.63, 3.8) is 0 Å². The van der Waals surface area contributed by atoms with Gasteiger partial charge in [-0.1, -0.05) is 44.2 Å². The van der Waals surface area contributed by atoms with Crippen LogP contribution in [0.15, 0.2) is 36.4 Å². The number of aryl methyl sites for hydroxylation is 1. The molecule has 0 aliphatic heterocycles. The number of rotatable bonds is 5. The molecule has 0 bridgehead atoms. The van der Waals surface area contributed by atoms with E-state index in [1.54, 1.807) is 0 Å². The van der Waals surface area contributed by atoms with Gasteiger partial charge in [-0.3, -0.25) is 0 Å². The lowest BCUT2D eigenvalue weighted by atomic mass is 10.0. The lowest BCUT2D eigenvalue weighted by molar-refractivity contribution is 0.579. The van der Waals surface area contributed by atoms with Gasteiger partial charge in [0.15, 0.2) is 0 Å². The summed E-state index contributed by atoms with van der Waals surface area (Å²) in [5.41, 5.74) is 3.43. The van der Waals surface area contributed by atoms with E-state index in [2.05, 4.69) is 54.5 Å². The topological polar surface area (TPSA) is 37.8 Å². The lowest BCUT2D eigenvalue weighted by Gasteiger charge is -2.17. The maximum Gasteiger partial charge on any atom is 0.131 e. The highest BCUT2D eigenvalue weighted by atomic mass is 14.9. The molecule has 2 aromatic rings. The monoisotopic (exact) mass is 269 g/mol. The first-order valence-electron chi connectivity index (χ1n) is 7.16. The molecule has 0 spiro atoms. The molecular formula is C17H23N3. The van der Waals surface area contributed by atoms with Crippen LogP contribution in [0.3, 0.4) is 0 Å². The highest BCUT2D eigenvalue weighted by Crippen LogP contribution is 2.18. The molecule has 1 atom stereocenters. The molecule has 20 heavy (non-hydrogen) atoms. The molecular weight excluding hydrogens is 246 g/mol. The zero-order chi connectivity index (χ0) is 14.5. The Morgan fingerprint density at radius 3 is 2.40 bits per heavy atom. The molecule has 0 radical (unpaired) electrons. The number of hydrogen-bond acceptors (Lipinski definition) is 3. The van der Waals surface area contributed by atoms with Crippen molar-refractivity contribution in [2.45, 2.75) is 39.2 Å². The van der Waals surface area contributed by atoms with Gasteiger partial charge in [-0.25, -0.2) is 9.97 Å². The molecule has 1 heterocycles. The third kappa shape index (κ3) is 3.64. The predicted octanol–water partition coefficient (Wildman–Crippen LogP) is 3.41. The molecule has 106 valence electrons. The molecule has 1 aromatic carbocycles. The van der Waals surface area contributed by atoms with Crippen molar-refractivity contribution in [1.29, 1.82) is 0 Å². The molecule has 0 aliphatic carbocycles. The molecule has 3 heteroatoms. The van der Waals surface area contributed by atoms with Gasteiger partial charge in [-0.05, 0) is 25.6 Å². The Balaban J connectivity index is 2.24. The summed E-state index contributed by atoms with van der Waals surface area (Å²) in [4.78, 5) is 9.20. The second kappa shape index (κ2) is 6.62. The normalized spacial score (nSPS) is 12.7. The van der Waals surface area contributed by atoms with Crippen LogP contribution in [0.25, 0.3) is 0 Å². The number of hydrogen-bond donors (Lipinski definition) is 1. The molecule has 0 saturated carbocycles. The molecule has 3 nitrogen and oxygen atoms in total. The standard InChI is InChI=1S/C17H23N3/c1-12(2)17-19-13(3)10-15(20-17)11-16(18-4)14-8-6-5-7-9-14/h5-10,12,16,18H,11H2,1-4H3. The Morgan fingerprint density at radius 1 is 1.10 bits per heavy atom. The molecule has 1 N–H and O–H groups in total. The molecule has 0 fully saturated rings. The third-order valence-corrected chi connectivity index (χ3v) is 3.40. The van der Waals surface area contributed by atoms with Gasteiger partial charge in [-0.2, -0.15) is 0 Å². The van der Waals surface area contributed by atoms with Gasteiger partial charge < -0.3 is 5.32 Å². The van der Waals surface area contributed by atoms with Crippen molar-refractivity contribution in [1.82, 2.24) is 15.3 Å². The second-order valence-corrected chi connectivity index (χ2v) is 5.47. The van der Waals surface area contributed by atoms with Crippen molar-refractivity contribution in [2.75, 3.05) is 7.05 Å². The van der Waals surface area contributed by atoms with Gasteiger partial charge in [0.1, 0.15) is 5.82 Å². The zero-order valence-corrected chi connectivity index (χ0v) is 12.7. The highest BCUT2D eigenvalue weighted by molar-refractivity contribution is 5.22. The lowest BCUT2D eigenvalue weighted by Crippen LogP contribution is -2.20. The molecule has 1 unspecified atom stereocenters. The van der Waals surface area contributed by atoms with E-state index in [0.29, 0.717) is 5.92 Å². The summed E-state index contributed by atoms with van der Waals surface area (Å²) in [5.74, 6) is 1.29. The van der Waals surface area contributed by atoms with E-state index in [1.807, 2.05) is 20.0 Å². The Morgan fingerprint density at radius 2 is 1.80 bits per heavy atom. The van der Waals surface area contributed by atoms with Crippen LogP contribution in [0, 0.1) is 6.92 Å². The Hall–Kier alpha value is -1.74. The highest BCUT2D eigenvalue weighted by Gasteiger charge is 2.13. The van der Waals surface area contributed by atoms with Gasteiger partial charge in [0, 0.05) is 29.8 Å². The summed E-state index contributed by atoms with van der Waals surface area (Å²) in [6, 6.07) is 12.9. The van der Waals surface area contributed by atoms with E-state index in [9.17, 15) is 0 Å². The number of aromatic nitrogens is 2. The van der Waals surface area contributed by atoms with Crippen molar-refractivity contribution in [2.24, 2.45) is 0 Å². The second-order valence-electron chi connectivity index (χ2n) is 5.47. The Bertz CT molecular complexity index is 549. The first kappa shape index (κ1) is 14.7. The number of likely N-dealkylation sites (N-methyl/N-ethyl adjacent to an activating group) is 1. The van der Waals surface area contributed by atoms with Crippen molar-refractivity contribution in [3.05, 3.63) is 59.2 Å². The van der Waals surface area contributed by atoms with Crippen LogP contribution >= 0.6 is 0 Å². The summed E-state index contributed by atoms with van der Waals surface area (Å²) >= 11 is 0. The quantitative estimate of drug-likeness (QED) is 0.904. The number of benzene rings is 1. The minimum Gasteiger partial charge on any atom is -0.313 e. The predicted molar refractivity (Wildman–Crippen MR) is 82.8 cm³/mol. The first-order chi connectivity index (χ1) is 9.60. The summed E-state index contributed by atoms with van der Waals surface area (Å²) in [7, 11) is 2.00. The van der Waals surface area contributed by atoms with Crippen LogP contribution in [-0.4, -0.2) is 17.0 Å². The van der Waals surface area contributed by atoms with E-state index in [0.717, 1.165) is 23.6 Å². The third-order valence-electron chi connectivity index (χ3n) is 3.40. The van der Waals surface area contributed by atoms with E-state index in [4.69, 9.17) is 4.98 Å². The molecule has 2 rings (SSSR count). The number of nitrogens with one attached hydrogen (secondary N) is 1. The van der Waals surface area contributed by atoms with Gasteiger partial charge in [0.2, 0.25) is 0 Å². The van der Waals surface area contributed by atoms with Crippen LogP contribution in [-0.2, 0) is 6.42 Å². The van der Waals surface area contributed by atoms with Gasteiger partial charge in [0.25, 0.3) is 0 Å². The van der Waals surface area contributed by atoms with Gasteiger partial charge >= 0.3 is 0 Å². The summed E-state index contributed by atoms with van der Waals surface area (Å²) in [6.07, 6.45) is 0.879. The Kier molecular flexibility index (Phi) is 4.85. The van der Waals surface area contributed by atoms with Crippen LogP contribution in [0.1, 0.15) is 48.6 Å². The fourth-order valence-electron chi connectivity index (χ4n) is 2.30. The average Bonchev–Trinajstić information content (AvgIpc) is 2.45. The Labute approximate surface area is 121 Å². The summed E-state index contributed by atoms with van der Waals surface area (Å²) in [6.45, 7) is 6.30.